The molecule has 2 aromatic carbocycles. The third-order valence-electron chi connectivity index (χ3n) is 3.74. The standard InChI is InChI=1S/C16H14F2N2O4S2/c17-16(18)25(21,22)13-5-7-14(8-6-13)26(23,24)19-10-12-9-11-3-1-2-4-15(11)20-12/h1-9,16,19-20H,10H2. The summed E-state index contributed by atoms with van der Waals surface area (Å²) in [5, 5.41) is 0.934. The van der Waals surface area contributed by atoms with Gasteiger partial charge in [0, 0.05) is 11.2 Å². The molecule has 3 aromatic rings. The number of rotatable bonds is 6. The van der Waals surface area contributed by atoms with Crippen LogP contribution in [-0.4, -0.2) is 27.6 Å². The van der Waals surface area contributed by atoms with Gasteiger partial charge in [0.1, 0.15) is 0 Å². The van der Waals surface area contributed by atoms with Crippen LogP contribution in [0.15, 0.2) is 64.4 Å². The van der Waals surface area contributed by atoms with Crippen molar-refractivity contribution in [3.8, 4) is 0 Å². The molecule has 0 fully saturated rings. The van der Waals surface area contributed by atoms with Gasteiger partial charge in [-0.15, -0.1) is 0 Å². The van der Waals surface area contributed by atoms with Crippen LogP contribution in [0.5, 0.6) is 0 Å². The summed E-state index contributed by atoms with van der Waals surface area (Å²) in [5.74, 6) is -3.56. The van der Waals surface area contributed by atoms with Gasteiger partial charge in [-0.25, -0.2) is 21.6 Å². The summed E-state index contributed by atoms with van der Waals surface area (Å²) < 4.78 is 74.7. The van der Waals surface area contributed by atoms with Gasteiger partial charge in [-0.05, 0) is 41.8 Å². The van der Waals surface area contributed by atoms with Crippen LogP contribution >= 0.6 is 0 Å². The lowest BCUT2D eigenvalue weighted by atomic mass is 10.2. The van der Waals surface area contributed by atoms with Gasteiger partial charge < -0.3 is 4.98 Å². The third kappa shape index (κ3) is 3.62. The summed E-state index contributed by atoms with van der Waals surface area (Å²) in [6.45, 7) is -0.00586. The number of H-pyrrole nitrogens is 1. The van der Waals surface area contributed by atoms with E-state index >= 15 is 0 Å². The number of sulfone groups is 1. The number of para-hydroxylation sites is 1. The second-order valence-electron chi connectivity index (χ2n) is 5.48. The number of hydrogen-bond acceptors (Lipinski definition) is 4. The summed E-state index contributed by atoms with van der Waals surface area (Å²) >= 11 is 0. The number of aromatic amines is 1. The topological polar surface area (TPSA) is 96.1 Å². The second kappa shape index (κ2) is 6.78. The summed E-state index contributed by atoms with van der Waals surface area (Å²) in [6, 6.07) is 12.9. The maximum absolute atomic E-state index is 12.5. The molecule has 0 radical (unpaired) electrons. The molecule has 138 valence electrons. The first-order chi connectivity index (χ1) is 12.2. The van der Waals surface area contributed by atoms with Crippen molar-refractivity contribution in [1.29, 1.82) is 0 Å². The lowest BCUT2D eigenvalue weighted by Gasteiger charge is -2.07. The van der Waals surface area contributed by atoms with Crippen molar-refractivity contribution in [2.45, 2.75) is 22.1 Å². The molecule has 0 unspecified atom stereocenters. The first kappa shape index (κ1) is 18.5. The fourth-order valence-corrected chi connectivity index (χ4v) is 4.12. The summed E-state index contributed by atoms with van der Waals surface area (Å²) in [7, 11) is -8.69. The fraction of sp³-hybridized carbons (Fsp3) is 0.125. The van der Waals surface area contributed by atoms with Crippen LogP contribution in [0.3, 0.4) is 0 Å². The number of nitrogens with one attached hydrogen (secondary N) is 2. The zero-order chi connectivity index (χ0) is 18.9. The molecular weight excluding hydrogens is 386 g/mol. The Hall–Kier alpha value is -2.30. The van der Waals surface area contributed by atoms with Gasteiger partial charge in [0.25, 0.3) is 0 Å². The normalized spacial score (nSPS) is 12.7. The van der Waals surface area contributed by atoms with Crippen molar-refractivity contribution in [3.05, 3.63) is 60.3 Å². The molecule has 0 atom stereocenters. The lowest BCUT2D eigenvalue weighted by molar-refractivity contribution is 0.234. The average Bonchev–Trinajstić information content (AvgIpc) is 3.03. The highest BCUT2D eigenvalue weighted by Gasteiger charge is 2.27. The predicted octanol–water partition coefficient (Wildman–Crippen LogP) is 2.64. The molecule has 0 bridgehead atoms. The molecule has 0 aliphatic heterocycles. The van der Waals surface area contributed by atoms with Gasteiger partial charge in [0.05, 0.1) is 16.3 Å². The van der Waals surface area contributed by atoms with Crippen LogP contribution in [0.4, 0.5) is 8.78 Å². The van der Waals surface area contributed by atoms with Crippen LogP contribution in [0.1, 0.15) is 5.69 Å². The lowest BCUT2D eigenvalue weighted by Crippen LogP contribution is -2.23. The number of sulfonamides is 1. The molecule has 1 aromatic heterocycles. The largest absolute Gasteiger partial charge is 0.357 e. The van der Waals surface area contributed by atoms with Crippen molar-refractivity contribution in [2.24, 2.45) is 0 Å². The first-order valence-corrected chi connectivity index (χ1v) is 10.4. The molecule has 3 rings (SSSR count). The first-order valence-electron chi connectivity index (χ1n) is 7.38. The van der Waals surface area contributed by atoms with E-state index in [0.29, 0.717) is 5.69 Å². The summed E-state index contributed by atoms with van der Waals surface area (Å²) in [5.41, 5.74) is 1.51. The number of alkyl halides is 2. The van der Waals surface area contributed by atoms with Crippen molar-refractivity contribution >= 4 is 30.8 Å². The molecule has 0 aliphatic rings. The average molecular weight is 400 g/mol. The van der Waals surface area contributed by atoms with E-state index in [-0.39, 0.29) is 11.4 Å². The van der Waals surface area contributed by atoms with Crippen molar-refractivity contribution in [3.63, 3.8) is 0 Å². The zero-order valence-electron chi connectivity index (χ0n) is 13.2. The van der Waals surface area contributed by atoms with Gasteiger partial charge in [0.2, 0.25) is 19.9 Å². The number of hydrogen-bond donors (Lipinski definition) is 2. The van der Waals surface area contributed by atoms with E-state index in [4.69, 9.17) is 0 Å². The molecule has 0 saturated heterocycles. The Balaban J connectivity index is 1.77. The Kier molecular flexibility index (Phi) is 4.82. The van der Waals surface area contributed by atoms with Crippen LogP contribution in [0.25, 0.3) is 10.9 Å². The molecule has 6 nitrogen and oxygen atoms in total. The zero-order valence-corrected chi connectivity index (χ0v) is 14.8. The molecule has 0 saturated carbocycles. The van der Waals surface area contributed by atoms with E-state index in [1.54, 1.807) is 6.07 Å². The summed E-state index contributed by atoms with van der Waals surface area (Å²) in [4.78, 5) is 2.21. The van der Waals surface area contributed by atoms with E-state index in [9.17, 15) is 25.6 Å². The van der Waals surface area contributed by atoms with E-state index in [2.05, 4.69) is 9.71 Å². The maximum atomic E-state index is 12.5. The van der Waals surface area contributed by atoms with Crippen molar-refractivity contribution in [1.82, 2.24) is 9.71 Å². The molecule has 10 heteroatoms. The maximum Gasteiger partial charge on any atom is 0.341 e. The third-order valence-corrected chi connectivity index (χ3v) is 6.55. The van der Waals surface area contributed by atoms with Gasteiger partial charge in [-0.3, -0.25) is 0 Å². The number of fused-ring (bicyclic) bond motifs is 1. The fourth-order valence-electron chi connectivity index (χ4n) is 2.40. The van der Waals surface area contributed by atoms with E-state index in [1.807, 2.05) is 24.3 Å². The minimum absolute atomic E-state index is 0.00586. The van der Waals surface area contributed by atoms with Crippen LogP contribution in [0.2, 0.25) is 0 Å². The molecular formula is C16H14F2N2O4S2. The minimum atomic E-state index is -4.76. The number of halogens is 2. The van der Waals surface area contributed by atoms with Gasteiger partial charge in [0.15, 0.2) is 0 Å². The number of benzene rings is 2. The molecule has 0 spiro atoms. The molecule has 26 heavy (non-hydrogen) atoms. The van der Waals surface area contributed by atoms with Crippen molar-refractivity contribution in [2.75, 3.05) is 0 Å². The number of aromatic nitrogens is 1. The van der Waals surface area contributed by atoms with Crippen molar-refractivity contribution < 1.29 is 25.6 Å². The SMILES string of the molecule is O=S(=O)(NCc1cc2ccccc2[nH]1)c1ccc(S(=O)(=O)C(F)F)cc1. The Morgan fingerprint density at radius 3 is 2.15 bits per heavy atom. The highest BCUT2D eigenvalue weighted by atomic mass is 32.2. The smallest absolute Gasteiger partial charge is 0.341 e. The Morgan fingerprint density at radius 2 is 1.54 bits per heavy atom. The van der Waals surface area contributed by atoms with Crippen LogP contribution < -0.4 is 4.72 Å². The van der Waals surface area contributed by atoms with Gasteiger partial charge in [-0.2, -0.15) is 8.78 Å². The van der Waals surface area contributed by atoms with Crippen LogP contribution in [-0.2, 0) is 26.4 Å². The minimum Gasteiger partial charge on any atom is -0.357 e. The predicted molar refractivity (Wildman–Crippen MR) is 92.0 cm³/mol. The summed E-state index contributed by atoms with van der Waals surface area (Å²) in [6.07, 6.45) is 0. The monoisotopic (exact) mass is 400 g/mol. The molecule has 1 heterocycles. The Labute approximate surface area is 148 Å². The van der Waals surface area contributed by atoms with Crippen LogP contribution in [0, 0.1) is 0 Å². The highest BCUT2D eigenvalue weighted by molar-refractivity contribution is 7.91. The van der Waals surface area contributed by atoms with Gasteiger partial charge >= 0.3 is 5.76 Å². The second-order valence-corrected chi connectivity index (χ2v) is 9.17. The molecule has 2 N–H and O–H groups in total. The Bertz CT molecular complexity index is 1110. The molecule has 0 aliphatic carbocycles. The van der Waals surface area contributed by atoms with E-state index in [0.717, 1.165) is 35.2 Å². The highest BCUT2D eigenvalue weighted by Crippen LogP contribution is 2.20. The van der Waals surface area contributed by atoms with E-state index in [1.165, 1.54) is 0 Å². The molecule has 0 amide bonds. The van der Waals surface area contributed by atoms with Gasteiger partial charge in [-0.1, -0.05) is 18.2 Å². The van der Waals surface area contributed by atoms with E-state index < -0.39 is 30.5 Å². The Morgan fingerprint density at radius 1 is 0.923 bits per heavy atom. The quantitative estimate of drug-likeness (QED) is 0.665.